The first kappa shape index (κ1) is 12.0. The van der Waals surface area contributed by atoms with Gasteiger partial charge in [-0.25, -0.2) is 0 Å². The Labute approximate surface area is 86.7 Å². The second kappa shape index (κ2) is 5.69. The highest BCUT2D eigenvalue weighted by Gasteiger charge is 2.35. The van der Waals surface area contributed by atoms with Crippen LogP contribution in [-0.2, 0) is 14.2 Å². The van der Waals surface area contributed by atoms with E-state index >= 15 is 0 Å². The zero-order chi connectivity index (χ0) is 10.4. The molecule has 1 rings (SSSR count). The topological polar surface area (TPSA) is 27.7 Å². The Kier molecular flexibility index (Phi) is 4.85. The van der Waals surface area contributed by atoms with Gasteiger partial charge in [0.15, 0.2) is 5.79 Å². The molecule has 0 aromatic heterocycles. The van der Waals surface area contributed by atoms with E-state index in [1.807, 2.05) is 6.92 Å². The molecular weight excluding hydrogens is 180 g/mol. The maximum absolute atomic E-state index is 5.73. The molecule has 3 heteroatoms. The molecule has 14 heavy (non-hydrogen) atoms. The van der Waals surface area contributed by atoms with Gasteiger partial charge in [0.25, 0.3) is 0 Å². The molecule has 0 bridgehead atoms. The zero-order valence-corrected chi connectivity index (χ0v) is 9.54. The van der Waals surface area contributed by atoms with Gasteiger partial charge in [0, 0.05) is 6.61 Å². The quantitative estimate of drug-likeness (QED) is 0.619. The first-order chi connectivity index (χ1) is 6.70. The molecule has 1 aliphatic rings. The van der Waals surface area contributed by atoms with Gasteiger partial charge >= 0.3 is 0 Å². The van der Waals surface area contributed by atoms with E-state index in [9.17, 15) is 0 Å². The summed E-state index contributed by atoms with van der Waals surface area (Å²) in [5.41, 5.74) is 0. The third-order valence-electron chi connectivity index (χ3n) is 2.58. The number of rotatable bonds is 6. The van der Waals surface area contributed by atoms with E-state index in [0.717, 1.165) is 19.4 Å². The molecule has 2 unspecified atom stereocenters. The third kappa shape index (κ3) is 3.56. The lowest BCUT2D eigenvalue weighted by Crippen LogP contribution is -2.26. The smallest absolute Gasteiger partial charge is 0.165 e. The van der Waals surface area contributed by atoms with E-state index in [1.165, 1.54) is 6.42 Å². The second-order valence-electron chi connectivity index (χ2n) is 3.97. The molecule has 1 saturated heterocycles. The van der Waals surface area contributed by atoms with Crippen molar-refractivity contribution in [2.24, 2.45) is 0 Å². The van der Waals surface area contributed by atoms with Gasteiger partial charge in [-0.05, 0) is 19.8 Å². The van der Waals surface area contributed by atoms with Crippen LogP contribution in [0.2, 0.25) is 0 Å². The summed E-state index contributed by atoms with van der Waals surface area (Å²) in [5, 5.41) is 0. The van der Waals surface area contributed by atoms with Crippen LogP contribution in [0.25, 0.3) is 0 Å². The Bertz CT molecular complexity index is 161. The molecule has 0 amide bonds. The fourth-order valence-corrected chi connectivity index (χ4v) is 1.42. The van der Waals surface area contributed by atoms with Gasteiger partial charge < -0.3 is 14.2 Å². The highest BCUT2D eigenvalue weighted by Crippen LogP contribution is 2.26. The molecule has 1 aliphatic heterocycles. The Balaban J connectivity index is 2.10. The predicted molar refractivity (Wildman–Crippen MR) is 55.2 cm³/mol. The van der Waals surface area contributed by atoms with Crippen molar-refractivity contribution in [3.8, 4) is 0 Å². The first-order valence-corrected chi connectivity index (χ1v) is 5.59. The molecule has 3 nitrogen and oxygen atoms in total. The molecule has 1 heterocycles. The van der Waals surface area contributed by atoms with Gasteiger partial charge in [-0.3, -0.25) is 0 Å². The normalized spacial score (nSPS) is 32.4. The molecule has 0 aliphatic carbocycles. The molecule has 0 N–H and O–H groups in total. The molecule has 0 radical (unpaired) electrons. The summed E-state index contributed by atoms with van der Waals surface area (Å²) in [7, 11) is 0. The summed E-state index contributed by atoms with van der Waals surface area (Å²) in [4.78, 5) is 0. The lowest BCUT2D eigenvalue weighted by molar-refractivity contribution is -0.160. The van der Waals surface area contributed by atoms with Gasteiger partial charge in [0.05, 0.1) is 13.2 Å². The first-order valence-electron chi connectivity index (χ1n) is 5.59. The van der Waals surface area contributed by atoms with Crippen molar-refractivity contribution in [1.29, 1.82) is 0 Å². The van der Waals surface area contributed by atoms with Crippen molar-refractivity contribution in [3.05, 3.63) is 0 Å². The standard InChI is InChI=1S/C11H22O3/c1-4-6-7-12-8-10-9-13-11(3,5-2)14-10/h10H,4-9H2,1-3H3. The van der Waals surface area contributed by atoms with Crippen molar-refractivity contribution in [2.45, 2.75) is 51.9 Å². The average Bonchev–Trinajstić information content (AvgIpc) is 2.56. The number of ether oxygens (including phenoxy) is 3. The maximum Gasteiger partial charge on any atom is 0.165 e. The number of hydrogen-bond acceptors (Lipinski definition) is 3. The third-order valence-corrected chi connectivity index (χ3v) is 2.58. The molecule has 2 atom stereocenters. The van der Waals surface area contributed by atoms with E-state index in [-0.39, 0.29) is 11.9 Å². The number of unbranched alkanes of at least 4 members (excludes halogenated alkanes) is 1. The molecule has 0 spiro atoms. The predicted octanol–water partition coefficient (Wildman–Crippen LogP) is 2.34. The lowest BCUT2D eigenvalue weighted by atomic mass is 10.2. The Hall–Kier alpha value is -0.120. The van der Waals surface area contributed by atoms with Crippen LogP contribution in [0, 0.1) is 0 Å². The van der Waals surface area contributed by atoms with E-state index in [0.29, 0.717) is 13.2 Å². The van der Waals surface area contributed by atoms with Gasteiger partial charge in [0.2, 0.25) is 0 Å². The summed E-state index contributed by atoms with van der Waals surface area (Å²) in [6.07, 6.45) is 3.31. The Morgan fingerprint density at radius 1 is 1.43 bits per heavy atom. The van der Waals surface area contributed by atoms with Gasteiger partial charge in [-0.2, -0.15) is 0 Å². The van der Waals surface area contributed by atoms with Crippen molar-refractivity contribution < 1.29 is 14.2 Å². The van der Waals surface area contributed by atoms with Crippen molar-refractivity contribution in [3.63, 3.8) is 0 Å². The summed E-state index contributed by atoms with van der Waals surface area (Å²) >= 11 is 0. The van der Waals surface area contributed by atoms with Crippen molar-refractivity contribution in [1.82, 2.24) is 0 Å². The minimum absolute atomic E-state index is 0.122. The summed E-state index contributed by atoms with van der Waals surface area (Å²) in [6.45, 7) is 8.37. The lowest BCUT2D eigenvalue weighted by Gasteiger charge is -2.20. The largest absolute Gasteiger partial charge is 0.379 e. The van der Waals surface area contributed by atoms with Crippen LogP contribution in [0.4, 0.5) is 0 Å². The second-order valence-corrected chi connectivity index (χ2v) is 3.97. The molecule has 84 valence electrons. The fraction of sp³-hybridized carbons (Fsp3) is 1.00. The highest BCUT2D eigenvalue weighted by atomic mass is 16.7. The maximum atomic E-state index is 5.73. The highest BCUT2D eigenvalue weighted by molar-refractivity contribution is 4.73. The van der Waals surface area contributed by atoms with E-state index < -0.39 is 0 Å². The Morgan fingerprint density at radius 3 is 2.79 bits per heavy atom. The van der Waals surface area contributed by atoms with E-state index in [4.69, 9.17) is 14.2 Å². The molecule has 0 aromatic carbocycles. The van der Waals surface area contributed by atoms with Crippen LogP contribution in [0.1, 0.15) is 40.0 Å². The van der Waals surface area contributed by atoms with Gasteiger partial charge in [0.1, 0.15) is 6.10 Å². The Morgan fingerprint density at radius 2 is 2.21 bits per heavy atom. The van der Waals surface area contributed by atoms with Crippen LogP contribution in [0.5, 0.6) is 0 Å². The summed E-state index contributed by atoms with van der Waals surface area (Å²) in [6, 6.07) is 0. The minimum Gasteiger partial charge on any atom is -0.379 e. The summed E-state index contributed by atoms with van der Waals surface area (Å²) < 4.78 is 16.8. The minimum atomic E-state index is -0.376. The average molecular weight is 202 g/mol. The van der Waals surface area contributed by atoms with E-state index in [2.05, 4.69) is 13.8 Å². The monoisotopic (exact) mass is 202 g/mol. The molecule has 1 fully saturated rings. The SMILES string of the molecule is CCCCOCC1COC(C)(CC)O1. The van der Waals surface area contributed by atoms with Crippen LogP contribution >= 0.6 is 0 Å². The molecule has 0 aromatic rings. The fourth-order valence-electron chi connectivity index (χ4n) is 1.42. The van der Waals surface area contributed by atoms with Gasteiger partial charge in [-0.1, -0.05) is 20.3 Å². The molecule has 0 saturated carbocycles. The number of hydrogen-bond donors (Lipinski definition) is 0. The van der Waals surface area contributed by atoms with E-state index in [1.54, 1.807) is 0 Å². The molecular formula is C11H22O3. The van der Waals surface area contributed by atoms with Gasteiger partial charge in [-0.15, -0.1) is 0 Å². The van der Waals surface area contributed by atoms with Crippen LogP contribution in [0.15, 0.2) is 0 Å². The zero-order valence-electron chi connectivity index (χ0n) is 9.54. The summed E-state index contributed by atoms with van der Waals surface area (Å²) in [5.74, 6) is -0.376. The van der Waals surface area contributed by atoms with Crippen molar-refractivity contribution in [2.75, 3.05) is 19.8 Å². The van der Waals surface area contributed by atoms with Crippen LogP contribution < -0.4 is 0 Å². The van der Waals surface area contributed by atoms with Crippen LogP contribution in [-0.4, -0.2) is 31.7 Å². The van der Waals surface area contributed by atoms with Crippen molar-refractivity contribution >= 4 is 0 Å². The van der Waals surface area contributed by atoms with Crippen LogP contribution in [0.3, 0.4) is 0 Å².